The van der Waals surface area contributed by atoms with Crippen LogP contribution in [0.5, 0.6) is 0 Å². The molecule has 3 amide bonds. The molecule has 1 saturated heterocycles. The number of likely N-dealkylation sites (tertiary alicyclic amines) is 1. The van der Waals surface area contributed by atoms with Crippen molar-refractivity contribution < 1.29 is 19.6 Å². The lowest BCUT2D eigenvalue weighted by Crippen LogP contribution is -2.53. The van der Waals surface area contributed by atoms with Crippen LogP contribution in [0.3, 0.4) is 0 Å². The fraction of sp³-hybridized carbons (Fsp3) is 0.522. The minimum atomic E-state index is -1.71. The first-order valence-electron chi connectivity index (χ1n) is 10.9. The van der Waals surface area contributed by atoms with Crippen LogP contribution in [0.25, 0.3) is 4.85 Å². The monoisotopic (exact) mass is 440 g/mol. The molecule has 1 heterocycles. The smallest absolute Gasteiger partial charge is 0.426 e. The molecule has 1 aromatic rings. The third kappa shape index (κ3) is 7.70. The van der Waals surface area contributed by atoms with E-state index in [9.17, 15) is 19.6 Å². The Hall–Kier alpha value is -2.83. The summed E-state index contributed by atoms with van der Waals surface area (Å²) in [5.41, 5.74) is 1.77. The molecule has 0 radical (unpaired) electrons. The summed E-state index contributed by atoms with van der Waals surface area (Å²) in [4.78, 5) is 30.3. The van der Waals surface area contributed by atoms with E-state index in [-0.39, 0.29) is 36.0 Å². The second kappa shape index (κ2) is 11.2. The van der Waals surface area contributed by atoms with Crippen LogP contribution in [-0.2, 0) is 11.2 Å². The van der Waals surface area contributed by atoms with E-state index in [2.05, 4.69) is 15.5 Å². The minimum Gasteiger partial charge on any atom is -0.426 e. The zero-order chi connectivity index (χ0) is 23.9. The first kappa shape index (κ1) is 25.4. The van der Waals surface area contributed by atoms with Crippen LogP contribution in [0, 0.1) is 18.9 Å². The summed E-state index contributed by atoms with van der Waals surface area (Å²) in [5, 5.41) is 24.7. The highest BCUT2D eigenvalue weighted by molar-refractivity contribution is 6.43. The first-order valence-corrected chi connectivity index (χ1v) is 10.9. The van der Waals surface area contributed by atoms with Crippen molar-refractivity contribution in [3.05, 3.63) is 58.6 Å². The van der Waals surface area contributed by atoms with Gasteiger partial charge in [0.15, 0.2) is 0 Å². The molecule has 0 aliphatic carbocycles. The molecule has 2 rings (SSSR count). The maximum Gasteiger partial charge on any atom is 0.475 e. The average molecular weight is 440 g/mol. The van der Waals surface area contributed by atoms with E-state index in [1.807, 2.05) is 52.0 Å². The molecule has 4 N–H and O–H groups in total. The van der Waals surface area contributed by atoms with Gasteiger partial charge in [-0.1, -0.05) is 56.7 Å². The Morgan fingerprint density at radius 1 is 1.31 bits per heavy atom. The van der Waals surface area contributed by atoms with Crippen LogP contribution < -0.4 is 10.6 Å². The van der Waals surface area contributed by atoms with Crippen molar-refractivity contribution in [2.24, 2.45) is 5.41 Å². The maximum atomic E-state index is 12.9. The molecular formula is C23H33BN4O4. The van der Waals surface area contributed by atoms with Gasteiger partial charge in [0.2, 0.25) is 5.70 Å². The summed E-state index contributed by atoms with van der Waals surface area (Å²) >= 11 is 0. The zero-order valence-electron chi connectivity index (χ0n) is 19.3. The van der Waals surface area contributed by atoms with Crippen molar-refractivity contribution in [1.29, 1.82) is 0 Å². The number of hydrogen-bond donors (Lipinski definition) is 4. The van der Waals surface area contributed by atoms with Crippen molar-refractivity contribution in [2.45, 2.75) is 58.9 Å². The van der Waals surface area contributed by atoms with Gasteiger partial charge in [-0.25, -0.2) is 9.64 Å². The molecule has 2 atom stereocenters. The summed E-state index contributed by atoms with van der Waals surface area (Å²) in [6.45, 7) is 15.9. The molecule has 1 aliphatic heterocycles. The second-order valence-electron chi connectivity index (χ2n) is 9.37. The standard InChI is InChI=1S/C23H33BN4O4/c1-16-8-10-17(11-9-16)13-20(24(31)32)27-22(30)26-15-18-7-6-12-28(18)21(29)19(25-5)14-23(2,3)4/h8-11,14,18,20,31-32H,6-7,12-13,15H2,1-4H3,(H2,26,27,30)/t18-,20-/m0/s1. The number of nitrogens with zero attached hydrogens (tertiary/aromatic N) is 2. The van der Waals surface area contributed by atoms with Crippen LogP contribution in [0.15, 0.2) is 36.0 Å². The molecular weight excluding hydrogens is 407 g/mol. The predicted molar refractivity (Wildman–Crippen MR) is 124 cm³/mol. The largest absolute Gasteiger partial charge is 0.475 e. The third-order valence-electron chi connectivity index (χ3n) is 5.30. The zero-order valence-corrected chi connectivity index (χ0v) is 19.3. The molecule has 9 heteroatoms. The number of carbonyl (C=O) groups is 2. The van der Waals surface area contributed by atoms with Crippen LogP contribution in [0.2, 0.25) is 0 Å². The highest BCUT2D eigenvalue weighted by Gasteiger charge is 2.32. The number of allylic oxidation sites excluding steroid dienone is 1. The highest BCUT2D eigenvalue weighted by Crippen LogP contribution is 2.23. The van der Waals surface area contributed by atoms with Gasteiger partial charge in [-0.15, -0.1) is 0 Å². The summed E-state index contributed by atoms with van der Waals surface area (Å²) in [5.74, 6) is -1.19. The van der Waals surface area contributed by atoms with Gasteiger partial charge in [0.05, 0.1) is 12.5 Å². The summed E-state index contributed by atoms with van der Waals surface area (Å²) in [6, 6.07) is 6.86. The Bertz CT molecular complexity index is 871. The summed E-state index contributed by atoms with van der Waals surface area (Å²) < 4.78 is 0. The average Bonchev–Trinajstić information content (AvgIpc) is 3.19. The van der Waals surface area contributed by atoms with Gasteiger partial charge in [-0.3, -0.25) is 4.79 Å². The van der Waals surface area contributed by atoms with Gasteiger partial charge in [0, 0.05) is 19.1 Å². The predicted octanol–water partition coefficient (Wildman–Crippen LogP) is 2.06. The van der Waals surface area contributed by atoms with E-state index in [4.69, 9.17) is 6.57 Å². The third-order valence-corrected chi connectivity index (χ3v) is 5.30. The van der Waals surface area contributed by atoms with Gasteiger partial charge < -0.3 is 25.6 Å². The van der Waals surface area contributed by atoms with E-state index in [1.165, 1.54) is 0 Å². The Morgan fingerprint density at radius 2 is 1.97 bits per heavy atom. The maximum absolute atomic E-state index is 12.9. The van der Waals surface area contributed by atoms with E-state index >= 15 is 0 Å². The molecule has 0 unspecified atom stereocenters. The molecule has 8 nitrogen and oxygen atoms in total. The fourth-order valence-corrected chi connectivity index (χ4v) is 3.65. The molecule has 1 aliphatic rings. The van der Waals surface area contributed by atoms with Gasteiger partial charge in [-0.05, 0) is 37.2 Å². The fourth-order valence-electron chi connectivity index (χ4n) is 3.65. The van der Waals surface area contributed by atoms with E-state index < -0.39 is 19.1 Å². The lowest BCUT2D eigenvalue weighted by atomic mass is 9.76. The number of nitrogens with one attached hydrogen (secondary N) is 2. The number of hydrogen-bond acceptors (Lipinski definition) is 4. The quantitative estimate of drug-likeness (QED) is 0.296. The number of urea groups is 1. The Labute approximate surface area is 190 Å². The minimum absolute atomic E-state index is 0.0930. The summed E-state index contributed by atoms with van der Waals surface area (Å²) in [7, 11) is -1.71. The lowest BCUT2D eigenvalue weighted by molar-refractivity contribution is -0.127. The Balaban J connectivity index is 1.95. The molecule has 0 spiro atoms. The number of rotatable bonds is 7. The van der Waals surface area contributed by atoms with Crippen molar-refractivity contribution in [1.82, 2.24) is 15.5 Å². The molecule has 1 fully saturated rings. The Kier molecular flexibility index (Phi) is 8.87. The summed E-state index contributed by atoms with van der Waals surface area (Å²) in [6.07, 6.45) is 3.47. The van der Waals surface area contributed by atoms with Crippen LogP contribution in [0.4, 0.5) is 4.79 Å². The van der Waals surface area contributed by atoms with Gasteiger partial charge >= 0.3 is 13.1 Å². The van der Waals surface area contributed by atoms with Gasteiger partial charge in [-0.2, -0.15) is 0 Å². The number of benzene rings is 1. The highest BCUT2D eigenvalue weighted by atomic mass is 16.4. The number of aryl methyl sites for hydroxylation is 1. The molecule has 0 aromatic heterocycles. The molecule has 32 heavy (non-hydrogen) atoms. The molecule has 1 aromatic carbocycles. The van der Waals surface area contributed by atoms with Gasteiger partial charge in [0.25, 0.3) is 5.91 Å². The lowest BCUT2D eigenvalue weighted by Gasteiger charge is -2.26. The molecule has 0 saturated carbocycles. The van der Waals surface area contributed by atoms with Crippen molar-refractivity contribution in [3.63, 3.8) is 0 Å². The second-order valence-corrected chi connectivity index (χ2v) is 9.37. The van der Waals surface area contributed by atoms with E-state index in [0.717, 1.165) is 24.0 Å². The van der Waals surface area contributed by atoms with Gasteiger partial charge in [0.1, 0.15) is 0 Å². The molecule has 172 valence electrons. The SMILES string of the molecule is [C-]#[N+]C(=CC(C)(C)C)C(=O)N1CCC[C@H]1CNC(=O)N[C@@H](Cc1ccc(C)cc1)B(O)O. The van der Waals surface area contributed by atoms with Crippen molar-refractivity contribution >= 4 is 19.1 Å². The van der Waals surface area contributed by atoms with Crippen LogP contribution in [-0.4, -0.2) is 59.1 Å². The topological polar surface area (TPSA) is 106 Å². The van der Waals surface area contributed by atoms with E-state index in [1.54, 1.807) is 11.0 Å². The molecule has 0 bridgehead atoms. The van der Waals surface area contributed by atoms with E-state index in [0.29, 0.717) is 6.54 Å². The normalized spacial score (nSPS) is 17.5. The number of carbonyl (C=O) groups excluding carboxylic acids is 2. The van der Waals surface area contributed by atoms with Crippen molar-refractivity contribution in [2.75, 3.05) is 13.1 Å². The van der Waals surface area contributed by atoms with Crippen LogP contribution >= 0.6 is 0 Å². The van der Waals surface area contributed by atoms with Crippen LogP contribution in [0.1, 0.15) is 44.7 Å². The number of amides is 3. The Morgan fingerprint density at radius 3 is 2.53 bits per heavy atom. The first-order chi connectivity index (χ1) is 15.0. The van der Waals surface area contributed by atoms with Crippen molar-refractivity contribution in [3.8, 4) is 0 Å².